The minimum Gasteiger partial charge on any atom is -0.381 e. The van der Waals surface area contributed by atoms with Gasteiger partial charge in [0.15, 0.2) is 0 Å². The number of hydrogen-bond donors (Lipinski definition) is 2. The van der Waals surface area contributed by atoms with E-state index in [-0.39, 0.29) is 11.6 Å². The fraction of sp³-hybridized carbons (Fsp3) is 1.00. The molecule has 0 amide bonds. The van der Waals surface area contributed by atoms with Gasteiger partial charge in [-0.1, -0.05) is 12.8 Å². The van der Waals surface area contributed by atoms with Crippen LogP contribution in [0.2, 0.25) is 0 Å². The Morgan fingerprint density at radius 2 is 2.00 bits per heavy atom. The number of hydrazine groups is 1. The largest absolute Gasteiger partial charge is 0.381 e. The van der Waals surface area contributed by atoms with Crippen molar-refractivity contribution in [3.05, 3.63) is 0 Å². The van der Waals surface area contributed by atoms with E-state index in [2.05, 4.69) is 5.43 Å². The second-order valence-electron chi connectivity index (χ2n) is 5.49. The summed E-state index contributed by atoms with van der Waals surface area (Å²) in [4.78, 5) is 0. The third kappa shape index (κ3) is 2.99. The smallest absolute Gasteiger partial charge is 0.0844 e. The van der Waals surface area contributed by atoms with Crippen molar-refractivity contribution in [2.75, 3.05) is 20.3 Å². The van der Waals surface area contributed by atoms with E-state index < -0.39 is 0 Å². The van der Waals surface area contributed by atoms with Crippen LogP contribution in [0, 0.1) is 5.92 Å². The third-order valence-electron chi connectivity index (χ3n) is 4.60. The fourth-order valence-electron chi connectivity index (χ4n) is 3.42. The number of nitrogens with one attached hydrogen (secondary N) is 1. The summed E-state index contributed by atoms with van der Waals surface area (Å²) in [6.45, 7) is 1.81. The molecule has 0 radical (unpaired) electrons. The van der Waals surface area contributed by atoms with Crippen molar-refractivity contribution in [3.8, 4) is 0 Å². The number of rotatable bonds is 5. The summed E-state index contributed by atoms with van der Waals surface area (Å²) < 4.78 is 11.2. The highest BCUT2D eigenvalue weighted by molar-refractivity contribution is 4.97. The van der Waals surface area contributed by atoms with Crippen molar-refractivity contribution in [2.24, 2.45) is 11.8 Å². The van der Waals surface area contributed by atoms with Crippen molar-refractivity contribution < 1.29 is 9.47 Å². The molecule has 1 heterocycles. The summed E-state index contributed by atoms with van der Waals surface area (Å²) in [6.07, 6.45) is 8.26. The maximum absolute atomic E-state index is 5.82. The highest BCUT2D eigenvalue weighted by Crippen LogP contribution is 2.38. The van der Waals surface area contributed by atoms with Crippen LogP contribution in [0.5, 0.6) is 0 Å². The van der Waals surface area contributed by atoms with Crippen LogP contribution in [-0.4, -0.2) is 32.0 Å². The SMILES string of the molecule is COC1(C(CC2CCOCC2)NN)CCCC1. The first-order valence-corrected chi connectivity index (χ1v) is 6.90. The molecule has 1 saturated heterocycles. The van der Waals surface area contributed by atoms with E-state index >= 15 is 0 Å². The molecule has 2 fully saturated rings. The van der Waals surface area contributed by atoms with Gasteiger partial charge in [-0.05, 0) is 38.0 Å². The Kier molecular flexibility index (Phi) is 4.79. The lowest BCUT2D eigenvalue weighted by Crippen LogP contribution is -2.54. The quantitative estimate of drug-likeness (QED) is 0.568. The molecular formula is C13H26N2O2. The van der Waals surface area contributed by atoms with E-state index in [9.17, 15) is 0 Å². The molecule has 100 valence electrons. The maximum atomic E-state index is 5.82. The molecule has 4 nitrogen and oxygen atoms in total. The molecule has 0 aromatic heterocycles. The van der Waals surface area contributed by atoms with Gasteiger partial charge >= 0.3 is 0 Å². The van der Waals surface area contributed by atoms with E-state index in [0.29, 0.717) is 0 Å². The van der Waals surface area contributed by atoms with E-state index in [4.69, 9.17) is 15.3 Å². The number of methoxy groups -OCH3 is 1. The molecular weight excluding hydrogens is 216 g/mol. The molecule has 0 aromatic carbocycles. The number of ether oxygens (including phenoxy) is 2. The minimum atomic E-state index is -0.0208. The first-order chi connectivity index (χ1) is 8.30. The van der Waals surface area contributed by atoms with Gasteiger partial charge in [0.05, 0.1) is 11.6 Å². The third-order valence-corrected chi connectivity index (χ3v) is 4.60. The summed E-state index contributed by atoms with van der Waals surface area (Å²) >= 11 is 0. The Morgan fingerprint density at radius 3 is 2.53 bits per heavy atom. The van der Waals surface area contributed by atoms with Gasteiger partial charge in [-0.25, -0.2) is 0 Å². The molecule has 1 aliphatic heterocycles. The summed E-state index contributed by atoms with van der Waals surface area (Å²) in [7, 11) is 1.83. The Labute approximate surface area is 104 Å². The van der Waals surface area contributed by atoms with E-state index in [1.807, 2.05) is 7.11 Å². The first kappa shape index (κ1) is 13.3. The van der Waals surface area contributed by atoms with Gasteiger partial charge in [0.1, 0.15) is 0 Å². The summed E-state index contributed by atoms with van der Waals surface area (Å²) in [5, 5.41) is 0. The highest BCUT2D eigenvalue weighted by Gasteiger charge is 2.42. The van der Waals surface area contributed by atoms with Crippen LogP contribution < -0.4 is 11.3 Å². The van der Waals surface area contributed by atoms with Gasteiger partial charge in [0, 0.05) is 20.3 Å². The second-order valence-corrected chi connectivity index (χ2v) is 5.49. The fourth-order valence-corrected chi connectivity index (χ4v) is 3.42. The van der Waals surface area contributed by atoms with Crippen LogP contribution in [0.1, 0.15) is 44.9 Å². The average molecular weight is 242 g/mol. The van der Waals surface area contributed by atoms with Crippen LogP contribution in [-0.2, 0) is 9.47 Å². The van der Waals surface area contributed by atoms with Crippen LogP contribution in [0.25, 0.3) is 0 Å². The van der Waals surface area contributed by atoms with Gasteiger partial charge in [0.25, 0.3) is 0 Å². The Hall–Kier alpha value is -0.160. The molecule has 1 aliphatic carbocycles. The van der Waals surface area contributed by atoms with E-state index in [1.165, 1.54) is 12.8 Å². The standard InChI is InChI=1S/C13H26N2O2/c1-16-13(6-2-3-7-13)12(15-14)10-11-4-8-17-9-5-11/h11-12,15H,2-10,14H2,1H3. The molecule has 0 bridgehead atoms. The van der Waals surface area contributed by atoms with Crippen LogP contribution in [0.15, 0.2) is 0 Å². The van der Waals surface area contributed by atoms with E-state index in [1.54, 1.807) is 0 Å². The predicted molar refractivity (Wildman–Crippen MR) is 67.5 cm³/mol. The second kappa shape index (κ2) is 6.14. The summed E-state index contributed by atoms with van der Waals surface area (Å²) in [5.41, 5.74) is 3.00. The predicted octanol–water partition coefficient (Wildman–Crippen LogP) is 1.59. The van der Waals surface area contributed by atoms with Gasteiger partial charge in [-0.2, -0.15) is 0 Å². The van der Waals surface area contributed by atoms with Gasteiger partial charge in [-0.15, -0.1) is 0 Å². The molecule has 2 rings (SSSR count). The average Bonchev–Trinajstić information content (AvgIpc) is 2.87. The first-order valence-electron chi connectivity index (χ1n) is 6.90. The zero-order valence-electron chi connectivity index (χ0n) is 10.9. The van der Waals surface area contributed by atoms with Gasteiger partial charge in [-0.3, -0.25) is 11.3 Å². The zero-order chi connectivity index (χ0) is 12.1. The van der Waals surface area contributed by atoms with Crippen LogP contribution in [0.4, 0.5) is 0 Å². The van der Waals surface area contributed by atoms with E-state index in [0.717, 1.165) is 51.2 Å². The Balaban J connectivity index is 1.94. The van der Waals surface area contributed by atoms with Gasteiger partial charge < -0.3 is 9.47 Å². The normalized spacial score (nSPS) is 27.2. The van der Waals surface area contributed by atoms with Crippen LogP contribution >= 0.6 is 0 Å². The van der Waals surface area contributed by atoms with Crippen LogP contribution in [0.3, 0.4) is 0 Å². The number of nitrogens with two attached hydrogens (primary N) is 1. The Bertz CT molecular complexity index is 223. The van der Waals surface area contributed by atoms with Crippen molar-refractivity contribution in [3.63, 3.8) is 0 Å². The summed E-state index contributed by atoms with van der Waals surface area (Å²) in [5.74, 6) is 6.50. The minimum absolute atomic E-state index is 0.0208. The van der Waals surface area contributed by atoms with Gasteiger partial charge in [0.2, 0.25) is 0 Å². The molecule has 4 heteroatoms. The van der Waals surface area contributed by atoms with Crippen molar-refractivity contribution in [1.82, 2.24) is 5.43 Å². The van der Waals surface area contributed by atoms with Crippen molar-refractivity contribution in [1.29, 1.82) is 0 Å². The molecule has 0 spiro atoms. The molecule has 1 unspecified atom stereocenters. The number of hydrogen-bond acceptors (Lipinski definition) is 4. The topological polar surface area (TPSA) is 56.5 Å². The monoisotopic (exact) mass is 242 g/mol. The molecule has 1 atom stereocenters. The Morgan fingerprint density at radius 1 is 1.35 bits per heavy atom. The molecule has 17 heavy (non-hydrogen) atoms. The lowest BCUT2D eigenvalue weighted by molar-refractivity contribution is -0.0469. The maximum Gasteiger partial charge on any atom is 0.0844 e. The van der Waals surface area contributed by atoms with Crippen molar-refractivity contribution in [2.45, 2.75) is 56.6 Å². The summed E-state index contributed by atoms with van der Waals surface area (Å²) in [6, 6.07) is 0.290. The highest BCUT2D eigenvalue weighted by atomic mass is 16.5. The molecule has 0 aromatic rings. The molecule has 3 N–H and O–H groups in total. The molecule has 2 aliphatic rings. The molecule has 1 saturated carbocycles. The lowest BCUT2D eigenvalue weighted by Gasteiger charge is -2.38. The lowest BCUT2D eigenvalue weighted by atomic mass is 9.83. The zero-order valence-corrected chi connectivity index (χ0v) is 10.9. The van der Waals surface area contributed by atoms with Crippen molar-refractivity contribution >= 4 is 0 Å².